The molecule has 1 saturated carbocycles. The molecule has 1 aromatic rings. The molecular formula is C18H20N4O4. The number of benzene rings is 1. The first-order valence-corrected chi connectivity index (χ1v) is 8.82. The van der Waals surface area contributed by atoms with Gasteiger partial charge in [0.1, 0.15) is 6.04 Å². The molecule has 1 aromatic carbocycles. The van der Waals surface area contributed by atoms with Gasteiger partial charge in [-0.1, -0.05) is 0 Å². The highest BCUT2D eigenvalue weighted by Gasteiger charge is 2.44. The van der Waals surface area contributed by atoms with E-state index in [9.17, 15) is 19.2 Å². The van der Waals surface area contributed by atoms with Crippen molar-refractivity contribution in [2.45, 2.75) is 37.8 Å². The van der Waals surface area contributed by atoms with Crippen molar-refractivity contribution in [2.24, 2.45) is 11.7 Å². The minimum atomic E-state index is -0.940. The molecule has 2 aliphatic heterocycles. The lowest BCUT2D eigenvalue weighted by molar-refractivity contribution is -0.136. The standard InChI is InChI=1S/C18H20N4O4/c19-8-9-1-4-13(9)20-10-2-3-11-12(7-10)18(26)22(17(11)25)14-5-6-15(23)21-16(14)24/h2-3,7,9,13-14,20H,1,4-6,8,19H2,(H,21,23,24)/t9-,13+,14?/m0/s1. The molecule has 0 bridgehead atoms. The first-order valence-electron chi connectivity index (χ1n) is 8.82. The van der Waals surface area contributed by atoms with Gasteiger partial charge in [0.25, 0.3) is 11.8 Å². The van der Waals surface area contributed by atoms with Crippen molar-refractivity contribution in [3.8, 4) is 0 Å². The largest absolute Gasteiger partial charge is 0.382 e. The van der Waals surface area contributed by atoms with Crippen molar-refractivity contribution in [3.63, 3.8) is 0 Å². The average molecular weight is 356 g/mol. The number of piperidine rings is 1. The van der Waals surface area contributed by atoms with Gasteiger partial charge in [0.2, 0.25) is 11.8 Å². The topological polar surface area (TPSA) is 122 Å². The van der Waals surface area contributed by atoms with Crippen LogP contribution in [0.4, 0.5) is 5.69 Å². The maximum atomic E-state index is 12.8. The maximum Gasteiger partial charge on any atom is 0.262 e. The highest BCUT2D eigenvalue weighted by Crippen LogP contribution is 2.33. The predicted octanol–water partition coefficient (Wildman–Crippen LogP) is 0.237. The lowest BCUT2D eigenvalue weighted by atomic mass is 9.79. The molecule has 3 aliphatic rings. The molecule has 1 aliphatic carbocycles. The molecule has 2 heterocycles. The third-order valence-electron chi connectivity index (χ3n) is 5.51. The quantitative estimate of drug-likeness (QED) is 0.664. The zero-order valence-corrected chi connectivity index (χ0v) is 14.2. The fraction of sp³-hybridized carbons (Fsp3) is 0.444. The first kappa shape index (κ1) is 16.7. The Bertz CT molecular complexity index is 819. The van der Waals surface area contributed by atoms with E-state index in [0.717, 1.165) is 23.4 Å². The van der Waals surface area contributed by atoms with E-state index in [-0.39, 0.29) is 35.9 Å². The van der Waals surface area contributed by atoms with E-state index < -0.39 is 23.8 Å². The Hall–Kier alpha value is -2.74. The summed E-state index contributed by atoms with van der Waals surface area (Å²) in [5.41, 5.74) is 7.06. The summed E-state index contributed by atoms with van der Waals surface area (Å²) >= 11 is 0. The number of hydrogen-bond donors (Lipinski definition) is 3. The van der Waals surface area contributed by atoms with Crippen molar-refractivity contribution in [1.82, 2.24) is 10.2 Å². The Labute approximate surface area is 150 Å². The molecule has 8 heteroatoms. The van der Waals surface area contributed by atoms with Gasteiger partial charge in [-0.2, -0.15) is 0 Å². The number of carbonyl (C=O) groups excluding carboxylic acids is 4. The van der Waals surface area contributed by atoms with Gasteiger partial charge < -0.3 is 11.1 Å². The predicted molar refractivity (Wildman–Crippen MR) is 92.3 cm³/mol. The van der Waals surface area contributed by atoms with Crippen LogP contribution in [-0.4, -0.2) is 47.2 Å². The van der Waals surface area contributed by atoms with Gasteiger partial charge in [0.15, 0.2) is 0 Å². The van der Waals surface area contributed by atoms with E-state index in [4.69, 9.17) is 5.73 Å². The second-order valence-electron chi connectivity index (χ2n) is 7.03. The molecule has 2 fully saturated rings. The molecule has 4 amide bonds. The third kappa shape index (κ3) is 2.57. The van der Waals surface area contributed by atoms with E-state index in [1.165, 1.54) is 0 Å². The minimum absolute atomic E-state index is 0.110. The van der Waals surface area contributed by atoms with Crippen LogP contribution in [0.3, 0.4) is 0 Å². The minimum Gasteiger partial charge on any atom is -0.382 e. The van der Waals surface area contributed by atoms with Crippen LogP contribution in [0.1, 0.15) is 46.4 Å². The van der Waals surface area contributed by atoms with Gasteiger partial charge in [-0.05, 0) is 49.9 Å². The molecule has 136 valence electrons. The van der Waals surface area contributed by atoms with Gasteiger partial charge in [-0.25, -0.2) is 0 Å². The number of fused-ring (bicyclic) bond motifs is 1. The first-order chi connectivity index (χ1) is 12.5. The molecule has 26 heavy (non-hydrogen) atoms. The number of nitrogens with zero attached hydrogens (tertiary/aromatic N) is 1. The second kappa shape index (κ2) is 6.21. The van der Waals surface area contributed by atoms with Crippen LogP contribution < -0.4 is 16.4 Å². The smallest absolute Gasteiger partial charge is 0.262 e. The zero-order chi connectivity index (χ0) is 18.4. The number of hydrogen-bond acceptors (Lipinski definition) is 6. The van der Waals surface area contributed by atoms with Crippen molar-refractivity contribution >= 4 is 29.3 Å². The maximum absolute atomic E-state index is 12.8. The van der Waals surface area contributed by atoms with E-state index >= 15 is 0 Å². The van der Waals surface area contributed by atoms with Crippen molar-refractivity contribution in [1.29, 1.82) is 0 Å². The Kier molecular flexibility index (Phi) is 3.99. The fourth-order valence-electron chi connectivity index (χ4n) is 3.82. The molecular weight excluding hydrogens is 336 g/mol. The van der Waals surface area contributed by atoms with Crippen LogP contribution in [0, 0.1) is 5.92 Å². The van der Waals surface area contributed by atoms with Gasteiger partial charge in [-0.3, -0.25) is 29.4 Å². The summed E-state index contributed by atoms with van der Waals surface area (Å²) in [5.74, 6) is -1.55. The lowest BCUT2D eigenvalue weighted by Gasteiger charge is -2.37. The summed E-state index contributed by atoms with van der Waals surface area (Å²) in [4.78, 5) is 49.7. The van der Waals surface area contributed by atoms with Crippen molar-refractivity contribution in [3.05, 3.63) is 29.3 Å². The average Bonchev–Trinajstić information content (AvgIpc) is 2.84. The number of anilines is 1. The Balaban J connectivity index is 1.56. The SMILES string of the molecule is NC[C@@H]1CC[C@H]1Nc1ccc2c(c1)C(=O)N(C1CCC(=O)NC1=O)C2=O. The molecule has 0 aromatic heterocycles. The van der Waals surface area contributed by atoms with Gasteiger partial charge in [0.05, 0.1) is 11.1 Å². The van der Waals surface area contributed by atoms with Crippen LogP contribution in [0.15, 0.2) is 18.2 Å². The normalized spacial score (nSPS) is 27.9. The highest BCUT2D eigenvalue weighted by atomic mass is 16.2. The van der Waals surface area contributed by atoms with Crippen LogP contribution >= 0.6 is 0 Å². The summed E-state index contributed by atoms with van der Waals surface area (Å²) in [6, 6.07) is 4.37. The summed E-state index contributed by atoms with van der Waals surface area (Å²) in [6.45, 7) is 0.614. The third-order valence-corrected chi connectivity index (χ3v) is 5.51. The van der Waals surface area contributed by atoms with Crippen LogP contribution in [0.25, 0.3) is 0 Å². The molecule has 1 saturated heterocycles. The summed E-state index contributed by atoms with van der Waals surface area (Å²) in [6.07, 6.45) is 2.37. The monoisotopic (exact) mass is 356 g/mol. The molecule has 0 spiro atoms. The zero-order valence-electron chi connectivity index (χ0n) is 14.2. The van der Waals surface area contributed by atoms with Crippen LogP contribution in [0.2, 0.25) is 0 Å². The van der Waals surface area contributed by atoms with E-state index in [0.29, 0.717) is 12.5 Å². The number of rotatable bonds is 4. The summed E-state index contributed by atoms with van der Waals surface area (Å²) in [5, 5.41) is 5.56. The van der Waals surface area contributed by atoms with Crippen molar-refractivity contribution in [2.75, 3.05) is 11.9 Å². The van der Waals surface area contributed by atoms with Crippen molar-refractivity contribution < 1.29 is 19.2 Å². The Morgan fingerprint density at radius 2 is 1.85 bits per heavy atom. The molecule has 3 atom stereocenters. The Morgan fingerprint density at radius 3 is 2.50 bits per heavy atom. The van der Waals surface area contributed by atoms with Crippen LogP contribution in [0.5, 0.6) is 0 Å². The summed E-state index contributed by atoms with van der Waals surface area (Å²) in [7, 11) is 0. The molecule has 4 N–H and O–H groups in total. The molecule has 0 radical (unpaired) electrons. The molecule has 4 rings (SSSR count). The number of nitrogens with one attached hydrogen (secondary N) is 2. The number of nitrogens with two attached hydrogens (primary N) is 1. The van der Waals surface area contributed by atoms with E-state index in [1.807, 2.05) is 0 Å². The van der Waals surface area contributed by atoms with E-state index in [1.54, 1.807) is 18.2 Å². The number of carbonyl (C=O) groups is 4. The number of imide groups is 2. The second-order valence-corrected chi connectivity index (χ2v) is 7.03. The number of amides is 4. The van der Waals surface area contributed by atoms with Gasteiger partial charge in [0, 0.05) is 18.2 Å². The van der Waals surface area contributed by atoms with Crippen LogP contribution in [-0.2, 0) is 9.59 Å². The summed E-state index contributed by atoms with van der Waals surface area (Å²) < 4.78 is 0. The van der Waals surface area contributed by atoms with Gasteiger partial charge in [-0.15, -0.1) is 0 Å². The van der Waals surface area contributed by atoms with E-state index in [2.05, 4.69) is 10.6 Å². The molecule has 1 unspecified atom stereocenters. The van der Waals surface area contributed by atoms with Gasteiger partial charge >= 0.3 is 0 Å². The fourth-order valence-corrected chi connectivity index (χ4v) is 3.82. The lowest BCUT2D eigenvalue weighted by Crippen LogP contribution is -2.54. The highest BCUT2D eigenvalue weighted by molar-refractivity contribution is 6.23. The molecule has 8 nitrogen and oxygen atoms in total. The Morgan fingerprint density at radius 1 is 1.08 bits per heavy atom.